The number of carbonyl (C=O) groups is 1. The maximum Gasteiger partial charge on any atom is 0.410 e. The fraction of sp³-hybridized carbons (Fsp3) is 0.667. The number of amides is 1. The van der Waals surface area contributed by atoms with E-state index in [1.165, 1.54) is 12.0 Å². The minimum atomic E-state index is -0.471. The molecule has 6 heteroatoms. The highest BCUT2D eigenvalue weighted by molar-refractivity contribution is 7.99. The van der Waals surface area contributed by atoms with E-state index in [1.54, 1.807) is 16.7 Å². The maximum atomic E-state index is 12.4. The zero-order valence-electron chi connectivity index (χ0n) is 14.7. The van der Waals surface area contributed by atoms with Gasteiger partial charge < -0.3 is 14.6 Å². The molecule has 0 saturated carbocycles. The van der Waals surface area contributed by atoms with Gasteiger partial charge in [-0.05, 0) is 69.8 Å². The summed E-state index contributed by atoms with van der Waals surface area (Å²) in [5.41, 5.74) is 1.73. The minimum Gasteiger partial charge on any atom is -0.444 e. The summed E-state index contributed by atoms with van der Waals surface area (Å²) in [7, 11) is 0. The molecule has 3 heterocycles. The minimum absolute atomic E-state index is 0.0406. The molecule has 24 heavy (non-hydrogen) atoms. The molecule has 1 amide bonds. The Hall–Kier alpha value is -1.43. The van der Waals surface area contributed by atoms with Crippen LogP contribution in [0.4, 0.5) is 4.79 Å². The van der Waals surface area contributed by atoms with Crippen molar-refractivity contribution < 1.29 is 9.53 Å². The molecule has 0 radical (unpaired) electrons. The van der Waals surface area contributed by atoms with E-state index in [2.05, 4.69) is 11.1 Å². The topological polar surface area (TPSA) is 62.4 Å². The summed E-state index contributed by atoms with van der Waals surface area (Å²) in [6.07, 6.45) is 3.59. The van der Waals surface area contributed by atoms with E-state index in [1.807, 2.05) is 20.8 Å². The van der Waals surface area contributed by atoms with Crippen LogP contribution in [0.25, 0.3) is 0 Å². The van der Waals surface area contributed by atoms with Gasteiger partial charge >= 0.3 is 6.09 Å². The van der Waals surface area contributed by atoms with Crippen LogP contribution in [0.3, 0.4) is 0 Å². The molecule has 1 aromatic rings. The predicted molar refractivity (Wildman–Crippen MR) is 95.9 cm³/mol. The van der Waals surface area contributed by atoms with E-state index >= 15 is 0 Å². The SMILES string of the molecule is CC(C)(C)OC(=O)N1CCC(c2cc3c([nH]c2=O)SCCC3)CC1. The zero-order valence-corrected chi connectivity index (χ0v) is 15.5. The molecule has 1 aromatic heterocycles. The van der Waals surface area contributed by atoms with Crippen LogP contribution < -0.4 is 5.56 Å². The Kier molecular flexibility index (Phi) is 4.95. The number of ether oxygens (including phenoxy) is 1. The third-order valence-corrected chi connectivity index (χ3v) is 5.68. The fourth-order valence-electron chi connectivity index (χ4n) is 3.33. The lowest BCUT2D eigenvalue weighted by molar-refractivity contribution is 0.0204. The van der Waals surface area contributed by atoms with E-state index in [9.17, 15) is 9.59 Å². The van der Waals surface area contributed by atoms with Crippen molar-refractivity contribution in [2.24, 2.45) is 0 Å². The van der Waals surface area contributed by atoms with E-state index in [0.717, 1.165) is 35.6 Å². The van der Waals surface area contributed by atoms with Gasteiger partial charge in [0.05, 0.1) is 5.03 Å². The molecule has 5 nitrogen and oxygen atoms in total. The summed E-state index contributed by atoms with van der Waals surface area (Å²) in [6, 6.07) is 2.11. The molecule has 0 bridgehead atoms. The standard InChI is InChI=1S/C18H26N2O3S/c1-18(2,3)23-17(22)20-8-6-12(7-9-20)14-11-13-5-4-10-24-16(13)19-15(14)21/h11-12H,4-10H2,1-3H3,(H,19,21). The van der Waals surface area contributed by atoms with Crippen LogP contribution in [0.1, 0.15) is 57.1 Å². The lowest BCUT2D eigenvalue weighted by Gasteiger charge is -2.33. The number of aromatic nitrogens is 1. The number of pyridine rings is 1. The third-order valence-electron chi connectivity index (χ3n) is 4.53. The average Bonchev–Trinajstić information content (AvgIpc) is 2.53. The number of likely N-dealkylation sites (tertiary alicyclic amines) is 1. The number of nitrogens with zero attached hydrogens (tertiary/aromatic N) is 1. The van der Waals surface area contributed by atoms with Crippen molar-refractivity contribution in [1.29, 1.82) is 0 Å². The van der Waals surface area contributed by atoms with Crippen molar-refractivity contribution in [3.63, 3.8) is 0 Å². The van der Waals surface area contributed by atoms with Gasteiger partial charge in [0, 0.05) is 18.7 Å². The van der Waals surface area contributed by atoms with E-state index in [4.69, 9.17) is 4.74 Å². The number of carbonyl (C=O) groups excluding carboxylic acids is 1. The Morgan fingerprint density at radius 1 is 1.33 bits per heavy atom. The summed E-state index contributed by atoms with van der Waals surface area (Å²) >= 11 is 1.74. The average molecular weight is 350 g/mol. The Morgan fingerprint density at radius 3 is 2.71 bits per heavy atom. The quantitative estimate of drug-likeness (QED) is 0.842. The molecule has 0 unspecified atom stereocenters. The second kappa shape index (κ2) is 6.82. The first kappa shape index (κ1) is 17.4. The van der Waals surface area contributed by atoms with Gasteiger partial charge in [-0.2, -0.15) is 0 Å². The van der Waals surface area contributed by atoms with Gasteiger partial charge in [-0.25, -0.2) is 4.79 Å². The lowest BCUT2D eigenvalue weighted by Crippen LogP contribution is -2.41. The van der Waals surface area contributed by atoms with Crippen LogP contribution in [0.15, 0.2) is 15.9 Å². The van der Waals surface area contributed by atoms with Gasteiger partial charge in [0.1, 0.15) is 5.60 Å². The van der Waals surface area contributed by atoms with Gasteiger partial charge in [0.25, 0.3) is 5.56 Å². The molecule has 0 aromatic carbocycles. The highest BCUT2D eigenvalue weighted by Crippen LogP contribution is 2.32. The Bertz CT molecular complexity index is 670. The molecular formula is C18H26N2O3S. The van der Waals surface area contributed by atoms with Crippen LogP contribution >= 0.6 is 11.8 Å². The van der Waals surface area contributed by atoms with Crippen molar-refractivity contribution >= 4 is 17.9 Å². The van der Waals surface area contributed by atoms with Gasteiger partial charge in [0.15, 0.2) is 0 Å². The number of hydrogen-bond acceptors (Lipinski definition) is 4. The Labute approximate surface area is 147 Å². The number of thioether (sulfide) groups is 1. The Balaban J connectivity index is 1.67. The van der Waals surface area contributed by atoms with E-state index in [0.29, 0.717) is 13.1 Å². The summed E-state index contributed by atoms with van der Waals surface area (Å²) < 4.78 is 5.43. The molecule has 1 saturated heterocycles. The lowest BCUT2D eigenvalue weighted by atomic mass is 9.89. The summed E-state index contributed by atoms with van der Waals surface area (Å²) in [4.78, 5) is 29.4. The molecule has 2 aliphatic rings. The van der Waals surface area contributed by atoms with Crippen LogP contribution in [-0.2, 0) is 11.2 Å². The molecule has 2 aliphatic heterocycles. The zero-order chi connectivity index (χ0) is 17.3. The maximum absolute atomic E-state index is 12.4. The van der Waals surface area contributed by atoms with Crippen molar-refractivity contribution in [3.8, 4) is 0 Å². The van der Waals surface area contributed by atoms with Crippen molar-refractivity contribution in [3.05, 3.63) is 27.5 Å². The predicted octanol–water partition coefficient (Wildman–Crippen LogP) is 3.53. The van der Waals surface area contributed by atoms with E-state index in [-0.39, 0.29) is 17.6 Å². The second-order valence-corrected chi connectivity index (χ2v) is 8.71. The number of piperidine rings is 1. The number of nitrogens with one attached hydrogen (secondary N) is 1. The fourth-order valence-corrected chi connectivity index (χ4v) is 4.33. The molecule has 0 aliphatic carbocycles. The molecule has 3 rings (SSSR count). The van der Waals surface area contributed by atoms with Crippen LogP contribution in [0.5, 0.6) is 0 Å². The largest absolute Gasteiger partial charge is 0.444 e. The smallest absolute Gasteiger partial charge is 0.410 e. The summed E-state index contributed by atoms with van der Waals surface area (Å²) in [5, 5.41) is 1.04. The second-order valence-electron chi connectivity index (χ2n) is 7.60. The van der Waals surface area contributed by atoms with Crippen molar-refractivity contribution in [2.75, 3.05) is 18.8 Å². The van der Waals surface area contributed by atoms with Crippen molar-refractivity contribution in [1.82, 2.24) is 9.88 Å². The first-order valence-corrected chi connectivity index (χ1v) is 9.69. The van der Waals surface area contributed by atoms with Crippen molar-refractivity contribution in [2.45, 2.75) is 63.0 Å². The molecule has 1 fully saturated rings. The highest BCUT2D eigenvalue weighted by atomic mass is 32.2. The monoisotopic (exact) mass is 350 g/mol. The number of hydrogen-bond donors (Lipinski definition) is 1. The number of fused-ring (bicyclic) bond motifs is 1. The normalized spacial score (nSPS) is 19.0. The van der Waals surface area contributed by atoms with Gasteiger partial charge in [-0.15, -0.1) is 11.8 Å². The number of H-pyrrole nitrogens is 1. The number of rotatable bonds is 1. The molecular weight excluding hydrogens is 324 g/mol. The van der Waals surface area contributed by atoms with Crippen LogP contribution in [0.2, 0.25) is 0 Å². The third kappa shape index (κ3) is 3.97. The molecule has 1 N–H and O–H groups in total. The van der Waals surface area contributed by atoms with Gasteiger partial charge in [-0.3, -0.25) is 4.79 Å². The molecule has 0 atom stereocenters. The number of aromatic amines is 1. The molecule has 132 valence electrons. The van der Waals surface area contributed by atoms with E-state index < -0.39 is 5.60 Å². The first-order valence-electron chi connectivity index (χ1n) is 8.70. The van der Waals surface area contributed by atoms with Crippen LogP contribution in [0, 0.1) is 0 Å². The number of aryl methyl sites for hydroxylation is 1. The molecule has 0 spiro atoms. The summed E-state index contributed by atoms with van der Waals surface area (Å²) in [6.45, 7) is 6.92. The highest BCUT2D eigenvalue weighted by Gasteiger charge is 2.29. The summed E-state index contributed by atoms with van der Waals surface area (Å²) in [5.74, 6) is 1.31. The first-order chi connectivity index (χ1) is 11.3. The Morgan fingerprint density at radius 2 is 2.04 bits per heavy atom. The van der Waals surface area contributed by atoms with Crippen LogP contribution in [-0.4, -0.2) is 40.4 Å². The van der Waals surface area contributed by atoms with Gasteiger partial charge in [0.2, 0.25) is 0 Å². The van der Waals surface area contributed by atoms with Gasteiger partial charge in [-0.1, -0.05) is 0 Å².